The van der Waals surface area contributed by atoms with Crippen LogP contribution >= 0.6 is 11.3 Å². The minimum atomic E-state index is -0.555. The minimum Gasteiger partial charge on any atom is -0.453 e. The summed E-state index contributed by atoms with van der Waals surface area (Å²) in [6, 6.07) is 14.7. The normalized spacial score (nSPS) is 12.8. The molecule has 0 aliphatic carbocycles. The molecule has 1 N–H and O–H groups in total. The fourth-order valence-electron chi connectivity index (χ4n) is 3.13. The molecule has 3 aromatic rings. The Kier molecular flexibility index (Phi) is 5.22. The van der Waals surface area contributed by atoms with Gasteiger partial charge in [0.2, 0.25) is 5.91 Å². The molecule has 0 radical (unpaired) electrons. The Morgan fingerprint density at radius 2 is 1.93 bits per heavy atom. The fraction of sp³-hybridized carbons (Fsp3) is 0.182. The Balaban J connectivity index is 1.43. The maximum Gasteiger partial charge on any atom is 0.350 e. The van der Waals surface area contributed by atoms with Crippen LogP contribution < -0.4 is 5.32 Å². The van der Waals surface area contributed by atoms with Crippen LogP contribution in [0, 0.1) is 6.92 Å². The van der Waals surface area contributed by atoms with Gasteiger partial charge in [-0.1, -0.05) is 30.3 Å². The molecule has 1 aromatic heterocycles. The van der Waals surface area contributed by atoms with Crippen LogP contribution in [-0.4, -0.2) is 29.3 Å². The number of benzene rings is 2. The molecule has 0 bridgehead atoms. The fourth-order valence-corrected chi connectivity index (χ4v) is 4.09. The molecule has 6 nitrogen and oxygen atoms in total. The molecule has 1 aliphatic rings. The Morgan fingerprint density at radius 3 is 2.72 bits per heavy atom. The van der Waals surface area contributed by atoms with Crippen molar-refractivity contribution in [1.29, 1.82) is 0 Å². The molecule has 1 amide bonds. The molecule has 0 unspecified atom stereocenters. The van der Waals surface area contributed by atoms with Crippen molar-refractivity contribution in [1.82, 2.24) is 4.98 Å². The number of aryl methyl sites for hydroxylation is 2. The number of carbonyl (C=O) groups is 3. The number of amides is 1. The molecular formula is C22H18N2O4S. The van der Waals surface area contributed by atoms with Crippen LogP contribution in [0.1, 0.15) is 37.7 Å². The van der Waals surface area contributed by atoms with Crippen molar-refractivity contribution >= 4 is 34.7 Å². The zero-order chi connectivity index (χ0) is 20.4. The van der Waals surface area contributed by atoms with Crippen LogP contribution in [0.25, 0.3) is 10.6 Å². The Bertz CT molecular complexity index is 1110. The van der Waals surface area contributed by atoms with Crippen molar-refractivity contribution < 1.29 is 19.1 Å². The van der Waals surface area contributed by atoms with Crippen LogP contribution in [0.5, 0.6) is 0 Å². The molecule has 0 saturated heterocycles. The first-order valence-corrected chi connectivity index (χ1v) is 9.99. The number of nitrogens with one attached hydrogen (secondary N) is 1. The number of rotatable bonds is 5. The lowest BCUT2D eigenvalue weighted by Gasteiger charge is -2.17. The summed E-state index contributed by atoms with van der Waals surface area (Å²) in [6.45, 7) is 1.40. The highest BCUT2D eigenvalue weighted by molar-refractivity contribution is 7.17. The highest BCUT2D eigenvalue weighted by Crippen LogP contribution is 2.28. The topological polar surface area (TPSA) is 85.4 Å². The summed E-state index contributed by atoms with van der Waals surface area (Å²) in [7, 11) is 0. The number of ether oxygens (including phenoxy) is 1. The number of Topliss-reactive ketones (excluding diaryl/α,β-unsaturated/α-hetero) is 1. The first-order chi connectivity index (χ1) is 14.0. The second-order valence-electron chi connectivity index (χ2n) is 6.72. The molecule has 4 rings (SSSR count). The van der Waals surface area contributed by atoms with E-state index in [2.05, 4.69) is 10.3 Å². The molecule has 146 valence electrons. The summed E-state index contributed by atoms with van der Waals surface area (Å²) in [4.78, 5) is 41.2. The number of aromatic nitrogens is 1. The van der Waals surface area contributed by atoms with Gasteiger partial charge in [-0.3, -0.25) is 9.59 Å². The van der Waals surface area contributed by atoms with Gasteiger partial charge in [-0.15, -0.1) is 11.3 Å². The smallest absolute Gasteiger partial charge is 0.350 e. The van der Waals surface area contributed by atoms with Gasteiger partial charge < -0.3 is 10.1 Å². The van der Waals surface area contributed by atoms with Crippen molar-refractivity contribution in [3.05, 3.63) is 70.2 Å². The van der Waals surface area contributed by atoms with E-state index in [0.717, 1.165) is 21.8 Å². The lowest BCUT2D eigenvalue weighted by atomic mass is 9.99. The van der Waals surface area contributed by atoms with Crippen LogP contribution in [0.15, 0.2) is 48.5 Å². The summed E-state index contributed by atoms with van der Waals surface area (Å²) in [5.74, 6) is -0.871. The molecule has 29 heavy (non-hydrogen) atoms. The molecule has 0 fully saturated rings. The van der Waals surface area contributed by atoms with Crippen molar-refractivity contribution in [2.24, 2.45) is 0 Å². The van der Waals surface area contributed by atoms with Crippen molar-refractivity contribution in [3.8, 4) is 10.6 Å². The summed E-state index contributed by atoms with van der Waals surface area (Å²) >= 11 is 1.25. The summed E-state index contributed by atoms with van der Waals surface area (Å²) in [5.41, 5.74) is 3.60. The Morgan fingerprint density at radius 1 is 1.14 bits per heavy atom. The molecular weight excluding hydrogens is 388 g/mol. The summed E-state index contributed by atoms with van der Waals surface area (Å²) in [6.07, 6.45) is 0.985. The third-order valence-corrected chi connectivity index (χ3v) is 5.85. The van der Waals surface area contributed by atoms with Crippen LogP contribution in [0.4, 0.5) is 5.69 Å². The molecule has 2 aromatic carbocycles. The maximum absolute atomic E-state index is 12.5. The third kappa shape index (κ3) is 4.09. The van der Waals surface area contributed by atoms with Gasteiger partial charge in [-0.05, 0) is 37.1 Å². The van der Waals surface area contributed by atoms with Crippen LogP contribution in [0.3, 0.4) is 0 Å². The van der Waals surface area contributed by atoms with Gasteiger partial charge in [0, 0.05) is 23.2 Å². The second kappa shape index (κ2) is 7.97. The number of nitrogens with zero attached hydrogens (tertiary/aromatic N) is 1. The number of hydrogen-bond acceptors (Lipinski definition) is 6. The molecule has 0 spiro atoms. The van der Waals surface area contributed by atoms with Gasteiger partial charge in [0.15, 0.2) is 12.4 Å². The number of carbonyl (C=O) groups excluding carboxylic acids is 3. The Labute approximate surface area is 171 Å². The average molecular weight is 406 g/mol. The van der Waals surface area contributed by atoms with Gasteiger partial charge in [0.25, 0.3) is 0 Å². The van der Waals surface area contributed by atoms with E-state index in [1.165, 1.54) is 11.3 Å². The minimum absolute atomic E-state index is 0.0275. The number of thiazole rings is 1. The predicted octanol–water partition coefficient (Wildman–Crippen LogP) is 4.04. The van der Waals surface area contributed by atoms with Crippen molar-refractivity contribution in [2.75, 3.05) is 11.9 Å². The first kappa shape index (κ1) is 19.0. The number of fused-ring (bicyclic) bond motifs is 1. The summed E-state index contributed by atoms with van der Waals surface area (Å²) in [5, 5.41) is 3.51. The number of ketones is 1. The second-order valence-corrected chi connectivity index (χ2v) is 7.72. The molecule has 2 heterocycles. The van der Waals surface area contributed by atoms with Gasteiger partial charge in [0.05, 0.1) is 5.69 Å². The summed E-state index contributed by atoms with van der Waals surface area (Å²) < 4.78 is 5.25. The Hall–Kier alpha value is -3.32. The van der Waals surface area contributed by atoms with E-state index in [0.29, 0.717) is 29.0 Å². The molecule has 0 atom stereocenters. The maximum atomic E-state index is 12.5. The van der Waals surface area contributed by atoms with E-state index >= 15 is 0 Å². The average Bonchev–Trinajstić information content (AvgIpc) is 3.13. The van der Waals surface area contributed by atoms with E-state index in [4.69, 9.17) is 4.74 Å². The molecule has 1 aliphatic heterocycles. The van der Waals surface area contributed by atoms with E-state index in [1.54, 1.807) is 25.1 Å². The zero-order valence-electron chi connectivity index (χ0n) is 15.7. The van der Waals surface area contributed by atoms with Crippen LogP contribution in [-0.2, 0) is 16.0 Å². The van der Waals surface area contributed by atoms with Gasteiger partial charge in [0.1, 0.15) is 9.88 Å². The lowest BCUT2D eigenvalue weighted by molar-refractivity contribution is -0.116. The van der Waals surface area contributed by atoms with E-state index in [1.807, 2.05) is 30.3 Å². The standard InChI is InChI=1S/C22H18N2O4S/c1-13-20(29-21(23-13)14-5-3-2-4-6-14)22(27)28-12-18(25)16-7-9-17-15(11-16)8-10-19(26)24-17/h2-7,9,11H,8,10,12H2,1H3,(H,24,26). The molecule has 0 saturated carbocycles. The third-order valence-electron chi connectivity index (χ3n) is 4.66. The van der Waals surface area contributed by atoms with Crippen molar-refractivity contribution in [3.63, 3.8) is 0 Å². The van der Waals surface area contributed by atoms with E-state index < -0.39 is 5.97 Å². The first-order valence-electron chi connectivity index (χ1n) is 9.17. The van der Waals surface area contributed by atoms with E-state index in [-0.39, 0.29) is 18.3 Å². The number of anilines is 1. The van der Waals surface area contributed by atoms with Gasteiger partial charge in [-0.25, -0.2) is 9.78 Å². The van der Waals surface area contributed by atoms with E-state index in [9.17, 15) is 14.4 Å². The highest BCUT2D eigenvalue weighted by atomic mass is 32.1. The van der Waals surface area contributed by atoms with Crippen LogP contribution in [0.2, 0.25) is 0 Å². The largest absolute Gasteiger partial charge is 0.453 e. The number of esters is 1. The van der Waals surface area contributed by atoms with Crippen molar-refractivity contribution in [2.45, 2.75) is 19.8 Å². The zero-order valence-corrected chi connectivity index (χ0v) is 16.5. The molecule has 7 heteroatoms. The SMILES string of the molecule is Cc1nc(-c2ccccc2)sc1C(=O)OCC(=O)c1ccc2c(c1)CCC(=O)N2. The number of hydrogen-bond donors (Lipinski definition) is 1. The van der Waals surface area contributed by atoms with Gasteiger partial charge >= 0.3 is 5.97 Å². The van der Waals surface area contributed by atoms with Gasteiger partial charge in [-0.2, -0.15) is 0 Å². The lowest BCUT2D eigenvalue weighted by Crippen LogP contribution is -2.20. The highest BCUT2D eigenvalue weighted by Gasteiger charge is 2.20. The predicted molar refractivity (Wildman–Crippen MR) is 110 cm³/mol. The quantitative estimate of drug-likeness (QED) is 0.510. The monoisotopic (exact) mass is 406 g/mol.